The molecule has 1 amide bonds. The van der Waals surface area contributed by atoms with Crippen LogP contribution in [0.2, 0.25) is 0 Å². The number of halogens is 1. The molecule has 0 aromatic heterocycles. The van der Waals surface area contributed by atoms with Gasteiger partial charge in [-0.3, -0.25) is 9.59 Å². The first-order chi connectivity index (χ1) is 9.40. The minimum atomic E-state index is -0.767. The fourth-order valence-electron chi connectivity index (χ4n) is 1.83. The van der Waals surface area contributed by atoms with Crippen molar-refractivity contribution in [3.63, 3.8) is 0 Å². The number of aliphatic carboxylic acids is 1. The van der Waals surface area contributed by atoms with Gasteiger partial charge in [0.25, 0.3) is 5.91 Å². The van der Waals surface area contributed by atoms with Gasteiger partial charge in [-0.2, -0.15) is 0 Å². The summed E-state index contributed by atoms with van der Waals surface area (Å²) in [5.74, 6) is -1.20. The molecule has 4 nitrogen and oxygen atoms in total. The molecule has 0 aliphatic carbocycles. The second-order valence-corrected chi connectivity index (χ2v) is 5.97. The van der Waals surface area contributed by atoms with Gasteiger partial charge in [0.1, 0.15) is 0 Å². The van der Waals surface area contributed by atoms with Crippen LogP contribution >= 0.6 is 15.9 Å². The molecule has 0 spiro atoms. The number of nitrogens with one attached hydrogen (secondary N) is 1. The zero-order chi connectivity index (χ0) is 15.1. The van der Waals surface area contributed by atoms with E-state index in [0.717, 1.165) is 17.3 Å². The molecule has 20 heavy (non-hydrogen) atoms. The van der Waals surface area contributed by atoms with Crippen LogP contribution < -0.4 is 5.32 Å². The van der Waals surface area contributed by atoms with Crippen molar-refractivity contribution in [1.82, 2.24) is 5.32 Å². The van der Waals surface area contributed by atoms with Crippen molar-refractivity contribution in [2.75, 3.05) is 0 Å². The predicted molar refractivity (Wildman–Crippen MR) is 81.7 cm³/mol. The normalized spacial score (nSPS) is 13.6. The number of rotatable bonds is 7. The summed E-state index contributed by atoms with van der Waals surface area (Å²) in [4.78, 5) is 22.6. The fraction of sp³-hybridized carbons (Fsp3) is 0.467. The van der Waals surface area contributed by atoms with Gasteiger partial charge in [-0.15, -0.1) is 0 Å². The summed E-state index contributed by atoms with van der Waals surface area (Å²) in [6, 6.07) is 7.21. The van der Waals surface area contributed by atoms with Crippen molar-refractivity contribution in [2.45, 2.75) is 39.2 Å². The van der Waals surface area contributed by atoms with Crippen molar-refractivity contribution in [3.8, 4) is 0 Å². The summed E-state index contributed by atoms with van der Waals surface area (Å²) in [5, 5.41) is 11.7. The topological polar surface area (TPSA) is 66.4 Å². The van der Waals surface area contributed by atoms with E-state index in [1.165, 1.54) is 0 Å². The van der Waals surface area contributed by atoms with Crippen molar-refractivity contribution in [3.05, 3.63) is 34.3 Å². The number of benzene rings is 1. The molecule has 0 saturated carbocycles. The maximum atomic E-state index is 12.0. The van der Waals surface area contributed by atoms with Crippen LogP contribution in [0.4, 0.5) is 0 Å². The van der Waals surface area contributed by atoms with Crippen molar-refractivity contribution < 1.29 is 14.7 Å². The summed E-state index contributed by atoms with van der Waals surface area (Å²) in [6.07, 6.45) is 2.20. The van der Waals surface area contributed by atoms with E-state index in [2.05, 4.69) is 21.2 Å². The zero-order valence-corrected chi connectivity index (χ0v) is 13.3. The van der Waals surface area contributed by atoms with E-state index >= 15 is 0 Å². The summed E-state index contributed by atoms with van der Waals surface area (Å²) in [7, 11) is 0. The molecule has 2 N–H and O–H groups in total. The minimum Gasteiger partial charge on any atom is -0.481 e. The average molecular weight is 342 g/mol. The van der Waals surface area contributed by atoms with Crippen LogP contribution in [-0.2, 0) is 4.79 Å². The quantitative estimate of drug-likeness (QED) is 0.797. The highest BCUT2D eigenvalue weighted by molar-refractivity contribution is 9.10. The number of carboxylic acid groups (broad SMARTS) is 1. The number of amides is 1. The molecule has 2 unspecified atom stereocenters. The minimum absolute atomic E-state index is 0.0344. The molecule has 5 heteroatoms. The molecule has 0 fully saturated rings. The fourth-order valence-corrected chi connectivity index (χ4v) is 2.10. The lowest BCUT2D eigenvalue weighted by molar-refractivity contribution is -0.141. The van der Waals surface area contributed by atoms with Crippen LogP contribution in [0.25, 0.3) is 0 Å². The summed E-state index contributed by atoms with van der Waals surface area (Å²) in [5.41, 5.74) is 0.624. The van der Waals surface area contributed by atoms with Gasteiger partial charge in [-0.1, -0.05) is 29.3 Å². The van der Waals surface area contributed by atoms with Crippen LogP contribution in [0, 0.1) is 5.92 Å². The molecule has 0 bridgehead atoms. The maximum absolute atomic E-state index is 12.0. The first-order valence-electron chi connectivity index (χ1n) is 6.69. The highest BCUT2D eigenvalue weighted by atomic mass is 79.9. The predicted octanol–water partition coefficient (Wildman–Crippen LogP) is 3.46. The Morgan fingerprint density at radius 2 is 1.80 bits per heavy atom. The van der Waals surface area contributed by atoms with E-state index in [-0.39, 0.29) is 17.9 Å². The lowest BCUT2D eigenvalue weighted by atomic mass is 10.0. The lowest BCUT2D eigenvalue weighted by Crippen LogP contribution is -2.32. The third-order valence-electron chi connectivity index (χ3n) is 3.18. The first kappa shape index (κ1) is 16.7. The average Bonchev–Trinajstić information content (AvgIpc) is 2.39. The van der Waals surface area contributed by atoms with Crippen molar-refractivity contribution >= 4 is 27.8 Å². The van der Waals surface area contributed by atoms with Gasteiger partial charge in [0.05, 0.1) is 5.92 Å². The van der Waals surface area contributed by atoms with Crippen LogP contribution in [0.3, 0.4) is 0 Å². The second kappa shape index (κ2) is 8.04. The van der Waals surface area contributed by atoms with Gasteiger partial charge in [0, 0.05) is 16.1 Å². The molecule has 110 valence electrons. The Morgan fingerprint density at radius 1 is 1.20 bits per heavy atom. The Morgan fingerprint density at radius 3 is 2.35 bits per heavy atom. The van der Waals surface area contributed by atoms with Gasteiger partial charge in [0.2, 0.25) is 0 Å². The third kappa shape index (κ3) is 5.74. The first-order valence-corrected chi connectivity index (χ1v) is 7.48. The van der Waals surface area contributed by atoms with Gasteiger partial charge in [0.15, 0.2) is 0 Å². The standard InChI is InChI=1S/C15H20BrNO3/c1-10(15(19)20)4-3-5-11(2)17-14(18)12-6-8-13(16)9-7-12/h6-11H,3-5H2,1-2H3,(H,17,18)(H,19,20). The molecular weight excluding hydrogens is 322 g/mol. The SMILES string of the molecule is CC(CCCC(C)C(=O)O)NC(=O)c1ccc(Br)cc1. The Labute approximate surface area is 127 Å². The molecule has 1 aromatic rings. The molecule has 0 radical (unpaired) electrons. The third-order valence-corrected chi connectivity index (χ3v) is 3.71. The second-order valence-electron chi connectivity index (χ2n) is 5.05. The summed E-state index contributed by atoms with van der Waals surface area (Å²) < 4.78 is 0.935. The van der Waals surface area contributed by atoms with E-state index in [9.17, 15) is 9.59 Å². The van der Waals surface area contributed by atoms with E-state index in [1.807, 2.05) is 19.1 Å². The monoisotopic (exact) mass is 341 g/mol. The molecule has 0 heterocycles. The lowest BCUT2D eigenvalue weighted by Gasteiger charge is -2.14. The van der Waals surface area contributed by atoms with Gasteiger partial charge in [-0.05, 0) is 44.0 Å². The van der Waals surface area contributed by atoms with Crippen LogP contribution in [0.15, 0.2) is 28.7 Å². The highest BCUT2D eigenvalue weighted by Crippen LogP contribution is 2.12. The molecule has 1 rings (SSSR count). The van der Waals surface area contributed by atoms with E-state index in [1.54, 1.807) is 19.1 Å². The number of carbonyl (C=O) groups is 2. The van der Waals surface area contributed by atoms with Crippen molar-refractivity contribution in [1.29, 1.82) is 0 Å². The van der Waals surface area contributed by atoms with Gasteiger partial charge >= 0.3 is 5.97 Å². The van der Waals surface area contributed by atoms with Gasteiger partial charge in [-0.25, -0.2) is 0 Å². The van der Waals surface area contributed by atoms with E-state index in [0.29, 0.717) is 12.0 Å². The Bertz CT molecular complexity index is 459. The summed E-state index contributed by atoms with van der Waals surface area (Å²) in [6.45, 7) is 3.63. The number of hydrogen-bond acceptors (Lipinski definition) is 2. The smallest absolute Gasteiger partial charge is 0.306 e. The maximum Gasteiger partial charge on any atom is 0.306 e. The molecule has 0 saturated heterocycles. The molecule has 2 atom stereocenters. The van der Waals surface area contributed by atoms with Gasteiger partial charge < -0.3 is 10.4 Å². The van der Waals surface area contributed by atoms with E-state index in [4.69, 9.17) is 5.11 Å². The largest absolute Gasteiger partial charge is 0.481 e. The number of carboxylic acids is 1. The zero-order valence-electron chi connectivity index (χ0n) is 11.7. The Kier molecular flexibility index (Phi) is 6.71. The van der Waals surface area contributed by atoms with Crippen molar-refractivity contribution in [2.24, 2.45) is 5.92 Å². The molecule has 0 aliphatic heterocycles. The number of carbonyl (C=O) groups excluding carboxylic acids is 1. The Hall–Kier alpha value is -1.36. The molecular formula is C15H20BrNO3. The van der Waals surface area contributed by atoms with E-state index < -0.39 is 5.97 Å². The van der Waals surface area contributed by atoms with Crippen LogP contribution in [-0.4, -0.2) is 23.0 Å². The van der Waals surface area contributed by atoms with Crippen LogP contribution in [0.1, 0.15) is 43.5 Å². The number of hydrogen-bond donors (Lipinski definition) is 2. The Balaban J connectivity index is 2.35. The summed E-state index contributed by atoms with van der Waals surface area (Å²) >= 11 is 3.33. The highest BCUT2D eigenvalue weighted by Gasteiger charge is 2.13. The molecule has 1 aromatic carbocycles. The van der Waals surface area contributed by atoms with Crippen LogP contribution in [0.5, 0.6) is 0 Å². The molecule has 0 aliphatic rings.